The zero-order valence-electron chi connectivity index (χ0n) is 16.0. The van der Waals surface area contributed by atoms with Crippen LogP contribution in [0.4, 0.5) is 11.5 Å². The highest BCUT2D eigenvalue weighted by Gasteiger charge is 2.14. The van der Waals surface area contributed by atoms with Gasteiger partial charge in [-0.2, -0.15) is 0 Å². The Kier molecular flexibility index (Phi) is 4.54. The maximum Gasteiger partial charge on any atom is 0.134 e. The summed E-state index contributed by atoms with van der Waals surface area (Å²) in [5, 5.41) is 0.849. The molecule has 0 radical (unpaired) electrons. The summed E-state index contributed by atoms with van der Waals surface area (Å²) in [6.07, 6.45) is 3.32. The van der Waals surface area contributed by atoms with Gasteiger partial charge in [0.25, 0.3) is 0 Å². The van der Waals surface area contributed by atoms with E-state index in [9.17, 15) is 0 Å². The van der Waals surface area contributed by atoms with Crippen molar-refractivity contribution in [2.45, 2.75) is 0 Å². The zero-order valence-corrected chi connectivity index (χ0v) is 16.0. The van der Waals surface area contributed by atoms with Crippen LogP contribution in [0.2, 0.25) is 0 Å². The van der Waals surface area contributed by atoms with Crippen LogP contribution in [-0.4, -0.2) is 41.3 Å². The highest BCUT2D eigenvalue weighted by atomic mass is 16.5. The van der Waals surface area contributed by atoms with Gasteiger partial charge in [0.15, 0.2) is 0 Å². The predicted octanol–water partition coefficient (Wildman–Crippen LogP) is 3.78. The van der Waals surface area contributed by atoms with Gasteiger partial charge in [0.1, 0.15) is 12.1 Å². The number of nitrogen functional groups attached to an aromatic ring is 1. The number of hydrogen-bond donors (Lipinski definition) is 1. The van der Waals surface area contributed by atoms with E-state index in [0.29, 0.717) is 5.82 Å². The van der Waals surface area contributed by atoms with E-state index in [4.69, 9.17) is 15.5 Å². The number of nitrogens with two attached hydrogens (primary N) is 1. The van der Waals surface area contributed by atoms with Crippen molar-refractivity contribution in [2.75, 3.05) is 36.9 Å². The van der Waals surface area contributed by atoms with Crippen LogP contribution in [0.15, 0.2) is 67.1 Å². The minimum Gasteiger partial charge on any atom is -0.383 e. The fourth-order valence-corrected chi connectivity index (χ4v) is 3.78. The molecule has 4 aromatic rings. The summed E-state index contributed by atoms with van der Waals surface area (Å²) < 4.78 is 5.48. The van der Waals surface area contributed by atoms with Gasteiger partial charge in [-0.3, -0.25) is 4.98 Å². The Balaban J connectivity index is 1.59. The third-order valence-corrected chi connectivity index (χ3v) is 5.28. The Bertz CT molecular complexity index is 1170. The number of fused-ring (bicyclic) bond motifs is 1. The largest absolute Gasteiger partial charge is 0.383 e. The van der Waals surface area contributed by atoms with Crippen LogP contribution in [0.5, 0.6) is 0 Å². The summed E-state index contributed by atoms with van der Waals surface area (Å²) in [6, 6.07) is 18.7. The summed E-state index contributed by atoms with van der Waals surface area (Å²) in [5.41, 5.74) is 12.2. The van der Waals surface area contributed by atoms with Crippen molar-refractivity contribution in [3.05, 3.63) is 67.1 Å². The number of ether oxygens (including phenoxy) is 1. The average molecular weight is 383 g/mol. The van der Waals surface area contributed by atoms with Crippen LogP contribution in [0.3, 0.4) is 0 Å². The number of pyridine rings is 1. The molecule has 29 heavy (non-hydrogen) atoms. The van der Waals surface area contributed by atoms with Crippen molar-refractivity contribution in [1.82, 2.24) is 15.0 Å². The molecule has 0 aliphatic carbocycles. The van der Waals surface area contributed by atoms with Crippen LogP contribution < -0.4 is 10.6 Å². The monoisotopic (exact) mass is 383 g/mol. The second kappa shape index (κ2) is 7.48. The Hall–Kier alpha value is -3.51. The van der Waals surface area contributed by atoms with Crippen LogP contribution in [0.1, 0.15) is 0 Å². The molecule has 6 nitrogen and oxygen atoms in total. The first kappa shape index (κ1) is 17.6. The Morgan fingerprint density at radius 3 is 2.66 bits per heavy atom. The van der Waals surface area contributed by atoms with E-state index < -0.39 is 0 Å². The van der Waals surface area contributed by atoms with E-state index in [1.165, 1.54) is 12.0 Å². The quantitative estimate of drug-likeness (QED) is 0.580. The molecule has 2 N–H and O–H groups in total. The average Bonchev–Trinajstić information content (AvgIpc) is 2.80. The molecule has 6 heteroatoms. The number of nitrogens with zero attached hydrogens (tertiary/aromatic N) is 4. The smallest absolute Gasteiger partial charge is 0.134 e. The van der Waals surface area contributed by atoms with Gasteiger partial charge in [-0.05, 0) is 35.9 Å². The lowest BCUT2D eigenvalue weighted by molar-refractivity contribution is 0.122. The summed E-state index contributed by atoms with van der Waals surface area (Å²) >= 11 is 0. The number of benzene rings is 2. The lowest BCUT2D eigenvalue weighted by Crippen LogP contribution is -2.36. The van der Waals surface area contributed by atoms with Crippen LogP contribution >= 0.6 is 0 Å². The number of aromatic nitrogens is 3. The Morgan fingerprint density at radius 1 is 0.862 bits per heavy atom. The van der Waals surface area contributed by atoms with Crippen molar-refractivity contribution in [2.24, 2.45) is 0 Å². The number of morpholine rings is 1. The molecular formula is C23H21N5O. The van der Waals surface area contributed by atoms with E-state index in [2.05, 4.69) is 51.3 Å². The normalized spacial score (nSPS) is 14.3. The van der Waals surface area contributed by atoms with E-state index in [1.807, 2.05) is 24.4 Å². The second-order valence-corrected chi connectivity index (χ2v) is 7.04. The fourth-order valence-electron chi connectivity index (χ4n) is 3.78. The maximum absolute atomic E-state index is 6.07. The molecule has 1 saturated heterocycles. The summed E-state index contributed by atoms with van der Waals surface area (Å²) in [4.78, 5) is 15.5. The topological polar surface area (TPSA) is 77.2 Å². The van der Waals surface area contributed by atoms with E-state index >= 15 is 0 Å². The summed E-state index contributed by atoms with van der Waals surface area (Å²) in [5.74, 6) is 0.483. The predicted molar refractivity (Wildman–Crippen MR) is 116 cm³/mol. The summed E-state index contributed by atoms with van der Waals surface area (Å²) in [6.45, 7) is 3.34. The van der Waals surface area contributed by atoms with Gasteiger partial charge in [0.05, 0.1) is 24.4 Å². The van der Waals surface area contributed by atoms with Crippen LogP contribution in [0, 0.1) is 0 Å². The minimum atomic E-state index is 0.483. The van der Waals surface area contributed by atoms with Crippen molar-refractivity contribution < 1.29 is 4.74 Å². The third-order valence-electron chi connectivity index (χ3n) is 5.28. The zero-order chi connectivity index (χ0) is 19.6. The first-order chi connectivity index (χ1) is 14.3. The van der Waals surface area contributed by atoms with Crippen molar-refractivity contribution >= 4 is 22.4 Å². The van der Waals surface area contributed by atoms with Crippen molar-refractivity contribution in [3.8, 4) is 22.4 Å². The lowest BCUT2D eigenvalue weighted by atomic mass is 9.98. The third kappa shape index (κ3) is 3.39. The first-order valence-electron chi connectivity index (χ1n) is 9.68. The van der Waals surface area contributed by atoms with E-state index in [0.717, 1.165) is 59.6 Å². The molecule has 0 spiro atoms. The molecule has 0 saturated carbocycles. The number of hydrogen-bond acceptors (Lipinski definition) is 6. The summed E-state index contributed by atoms with van der Waals surface area (Å²) in [7, 11) is 0. The van der Waals surface area contributed by atoms with Crippen LogP contribution in [-0.2, 0) is 4.74 Å². The molecule has 0 amide bonds. The SMILES string of the molecule is Nc1ncnc2ccc(-c3cccnc3-c3cccc(N4CCOCC4)c3)cc12. The minimum absolute atomic E-state index is 0.483. The van der Waals surface area contributed by atoms with Gasteiger partial charge in [0, 0.05) is 41.5 Å². The van der Waals surface area contributed by atoms with Crippen molar-refractivity contribution in [1.29, 1.82) is 0 Å². The fraction of sp³-hybridized carbons (Fsp3) is 0.174. The van der Waals surface area contributed by atoms with Gasteiger partial charge >= 0.3 is 0 Å². The molecule has 144 valence electrons. The number of anilines is 2. The molecule has 0 atom stereocenters. The molecule has 5 rings (SSSR count). The van der Waals surface area contributed by atoms with E-state index in [1.54, 1.807) is 0 Å². The molecule has 3 heterocycles. The van der Waals surface area contributed by atoms with Gasteiger partial charge in [-0.25, -0.2) is 9.97 Å². The molecule has 2 aromatic carbocycles. The Morgan fingerprint density at radius 2 is 1.76 bits per heavy atom. The molecular weight excluding hydrogens is 362 g/mol. The highest BCUT2D eigenvalue weighted by molar-refractivity contribution is 5.93. The first-order valence-corrected chi connectivity index (χ1v) is 9.68. The molecule has 1 aliphatic rings. The second-order valence-electron chi connectivity index (χ2n) is 7.04. The Labute approximate surface area is 169 Å². The highest BCUT2D eigenvalue weighted by Crippen LogP contribution is 2.34. The molecule has 2 aromatic heterocycles. The van der Waals surface area contributed by atoms with Gasteiger partial charge in [-0.1, -0.05) is 24.3 Å². The van der Waals surface area contributed by atoms with Gasteiger partial charge in [-0.15, -0.1) is 0 Å². The number of rotatable bonds is 3. The van der Waals surface area contributed by atoms with E-state index in [-0.39, 0.29) is 0 Å². The van der Waals surface area contributed by atoms with Gasteiger partial charge in [0.2, 0.25) is 0 Å². The molecule has 0 bridgehead atoms. The standard InChI is InChI=1S/C23H21N5O/c24-23-20-14-16(6-7-21(20)26-15-27-23)19-5-2-8-25-22(19)17-3-1-4-18(13-17)28-9-11-29-12-10-28/h1-8,13-15H,9-12H2,(H2,24,26,27). The van der Waals surface area contributed by atoms with Crippen LogP contribution in [0.25, 0.3) is 33.3 Å². The van der Waals surface area contributed by atoms with Crippen molar-refractivity contribution in [3.63, 3.8) is 0 Å². The molecule has 1 fully saturated rings. The molecule has 0 unspecified atom stereocenters. The lowest BCUT2D eigenvalue weighted by Gasteiger charge is -2.29. The van der Waals surface area contributed by atoms with Gasteiger partial charge < -0.3 is 15.4 Å². The maximum atomic E-state index is 6.07. The molecule has 1 aliphatic heterocycles.